The molecule has 0 aromatic carbocycles. The number of nitrogens with one attached hydrogen (secondary N) is 1. The fourth-order valence-corrected chi connectivity index (χ4v) is 4.26. The second-order valence-corrected chi connectivity index (χ2v) is 8.53. The lowest BCUT2D eigenvalue weighted by atomic mass is 10.1. The maximum atomic E-state index is 11.3. The number of phosphoric ester groups is 2. The van der Waals surface area contributed by atoms with Crippen LogP contribution >= 0.6 is 15.6 Å². The van der Waals surface area contributed by atoms with E-state index in [1.54, 1.807) is 11.6 Å². The Morgan fingerprint density at radius 3 is 2.56 bits per heavy atom. The van der Waals surface area contributed by atoms with Gasteiger partial charge in [0.05, 0.1) is 19.0 Å². The maximum absolute atomic E-state index is 11.3. The van der Waals surface area contributed by atoms with Crippen LogP contribution < -0.4 is 5.32 Å². The van der Waals surface area contributed by atoms with Crippen LogP contribution in [0, 0.1) is 5.92 Å². The van der Waals surface area contributed by atoms with Crippen molar-refractivity contribution >= 4 is 32.6 Å². The molecule has 0 saturated heterocycles. The van der Waals surface area contributed by atoms with E-state index in [1.165, 1.54) is 12.7 Å². The zero-order valence-electron chi connectivity index (χ0n) is 14.1. The molecular weight excluding hydrogens is 404 g/mol. The molecule has 1 aliphatic carbocycles. The molecule has 0 spiro atoms. The van der Waals surface area contributed by atoms with Crippen molar-refractivity contribution in [2.45, 2.75) is 25.0 Å². The lowest BCUT2D eigenvalue weighted by Gasteiger charge is -2.19. The Hall–Kier alpha value is -1.43. The number of hydrogen-bond donors (Lipinski definition) is 5. The molecule has 1 fully saturated rings. The van der Waals surface area contributed by atoms with Gasteiger partial charge in [-0.05, 0) is 12.8 Å². The van der Waals surface area contributed by atoms with E-state index in [2.05, 4.69) is 24.8 Å². The van der Waals surface area contributed by atoms with Crippen LogP contribution in [0.4, 0.5) is 5.82 Å². The first-order valence-corrected chi connectivity index (χ1v) is 10.9. The van der Waals surface area contributed by atoms with Crippen LogP contribution in [-0.4, -0.2) is 58.9 Å². The molecule has 1 aliphatic rings. The molecule has 0 amide bonds. The van der Waals surface area contributed by atoms with Crippen LogP contribution in [0.15, 0.2) is 12.7 Å². The van der Waals surface area contributed by atoms with E-state index < -0.39 is 34.3 Å². The van der Waals surface area contributed by atoms with Gasteiger partial charge in [-0.25, -0.2) is 24.1 Å². The van der Waals surface area contributed by atoms with Crippen LogP contribution in [0.2, 0.25) is 0 Å². The van der Waals surface area contributed by atoms with Crippen molar-refractivity contribution < 1.29 is 37.8 Å². The van der Waals surface area contributed by atoms with E-state index in [-0.39, 0.29) is 12.5 Å². The molecule has 1 saturated carbocycles. The van der Waals surface area contributed by atoms with Gasteiger partial charge >= 0.3 is 15.6 Å². The number of aromatic nitrogens is 4. The number of nitrogens with zero attached hydrogens (tertiary/aromatic N) is 4. The average molecular weight is 423 g/mol. The number of phosphoric acid groups is 2. The van der Waals surface area contributed by atoms with Crippen molar-refractivity contribution in [2.24, 2.45) is 5.92 Å². The SMILES string of the molecule is CNc1ncnc2c1ncn2[C@@H]1C[C@H](COP(=O)(O)O)[C@H](OP(=O)(O)O)C1. The van der Waals surface area contributed by atoms with Gasteiger partial charge in [-0.1, -0.05) is 0 Å². The summed E-state index contributed by atoms with van der Waals surface area (Å²) in [5.41, 5.74) is 1.05. The Morgan fingerprint density at radius 1 is 1.19 bits per heavy atom. The third-order valence-electron chi connectivity index (χ3n) is 4.32. The summed E-state index contributed by atoms with van der Waals surface area (Å²) in [6.07, 6.45) is 2.43. The molecule has 3 atom stereocenters. The van der Waals surface area contributed by atoms with E-state index in [1.807, 2.05) is 0 Å². The Kier molecular flexibility index (Phi) is 5.67. The highest BCUT2D eigenvalue weighted by Gasteiger charge is 2.41. The first-order chi connectivity index (χ1) is 12.6. The normalized spacial score (nSPS) is 23.8. The largest absolute Gasteiger partial charge is 0.469 e. The van der Waals surface area contributed by atoms with Crippen molar-refractivity contribution in [1.29, 1.82) is 0 Å². The third kappa shape index (κ3) is 4.89. The van der Waals surface area contributed by atoms with Crippen molar-refractivity contribution in [3.8, 4) is 0 Å². The van der Waals surface area contributed by atoms with Crippen molar-refractivity contribution in [3.05, 3.63) is 12.7 Å². The summed E-state index contributed by atoms with van der Waals surface area (Å²) in [5, 5.41) is 2.90. The van der Waals surface area contributed by atoms with Gasteiger partial charge in [-0.2, -0.15) is 0 Å². The number of fused-ring (bicyclic) bond motifs is 1. The van der Waals surface area contributed by atoms with Crippen LogP contribution in [0.5, 0.6) is 0 Å². The summed E-state index contributed by atoms with van der Waals surface area (Å²) in [4.78, 5) is 48.6. The fourth-order valence-electron chi connectivity index (χ4n) is 3.26. The summed E-state index contributed by atoms with van der Waals surface area (Å²) < 4.78 is 33.3. The molecule has 2 aromatic heterocycles. The highest BCUT2D eigenvalue weighted by Crippen LogP contribution is 2.48. The Balaban J connectivity index is 1.86. The molecule has 0 radical (unpaired) electrons. The molecular formula is C12H19N5O8P2. The molecule has 27 heavy (non-hydrogen) atoms. The number of rotatable bonds is 7. The van der Waals surface area contributed by atoms with E-state index in [9.17, 15) is 9.13 Å². The lowest BCUT2D eigenvalue weighted by Crippen LogP contribution is -2.21. The van der Waals surface area contributed by atoms with Gasteiger partial charge in [-0.3, -0.25) is 9.05 Å². The zero-order valence-corrected chi connectivity index (χ0v) is 15.9. The molecule has 0 unspecified atom stereocenters. The molecule has 2 aromatic rings. The molecule has 150 valence electrons. The molecule has 0 aliphatic heterocycles. The monoisotopic (exact) mass is 423 g/mol. The van der Waals surface area contributed by atoms with Crippen LogP contribution in [0.25, 0.3) is 11.2 Å². The van der Waals surface area contributed by atoms with Gasteiger partial charge in [0.15, 0.2) is 11.5 Å². The predicted octanol–water partition coefficient (Wildman–Crippen LogP) is 0.406. The lowest BCUT2D eigenvalue weighted by molar-refractivity contribution is 0.0738. The van der Waals surface area contributed by atoms with Crippen molar-refractivity contribution in [1.82, 2.24) is 19.5 Å². The first-order valence-electron chi connectivity index (χ1n) is 7.86. The third-order valence-corrected chi connectivity index (χ3v) is 5.35. The second-order valence-electron chi connectivity index (χ2n) is 6.10. The Bertz CT molecular complexity index is 910. The fraction of sp³-hybridized carbons (Fsp3) is 0.583. The van der Waals surface area contributed by atoms with Gasteiger partial charge < -0.3 is 29.5 Å². The van der Waals surface area contributed by atoms with Gasteiger partial charge in [0.25, 0.3) is 0 Å². The highest BCUT2D eigenvalue weighted by molar-refractivity contribution is 7.46. The minimum Gasteiger partial charge on any atom is -0.371 e. The molecule has 15 heteroatoms. The minimum atomic E-state index is -4.79. The number of imidazole rings is 1. The Morgan fingerprint density at radius 2 is 1.93 bits per heavy atom. The number of hydrogen-bond acceptors (Lipinski definition) is 8. The van der Waals surface area contributed by atoms with Gasteiger partial charge in [-0.15, -0.1) is 0 Å². The predicted molar refractivity (Wildman–Crippen MR) is 91.5 cm³/mol. The van der Waals surface area contributed by atoms with Crippen LogP contribution in [0.1, 0.15) is 18.9 Å². The first kappa shape index (κ1) is 20.3. The summed E-state index contributed by atoms with van der Waals surface area (Å²) in [6, 6.07) is -0.309. The van der Waals surface area contributed by atoms with E-state index in [0.717, 1.165) is 0 Å². The minimum absolute atomic E-state index is 0.185. The molecule has 5 N–H and O–H groups in total. The average Bonchev–Trinajstić information content (AvgIpc) is 3.14. The van der Waals surface area contributed by atoms with Crippen LogP contribution in [-0.2, 0) is 18.2 Å². The second kappa shape index (κ2) is 7.53. The standard InChI is InChI=1S/C12H19N5O8P2/c1-13-11-10-12(15-5-14-11)17(6-16-10)8-2-7(4-24-26(18,19)20)9(3-8)25-27(21,22)23/h5-9H,2-4H2,1H3,(H,13,14,15)(H2,18,19,20)(H2,21,22,23)/t7-,8-,9-/m1/s1. The molecule has 2 heterocycles. The zero-order chi connectivity index (χ0) is 19.8. The summed E-state index contributed by atoms with van der Waals surface area (Å²) in [6.45, 7) is -0.408. The van der Waals surface area contributed by atoms with Gasteiger partial charge in [0.1, 0.15) is 11.8 Å². The number of anilines is 1. The summed E-state index contributed by atoms with van der Waals surface area (Å²) >= 11 is 0. The smallest absolute Gasteiger partial charge is 0.371 e. The maximum Gasteiger partial charge on any atom is 0.469 e. The molecule has 0 bridgehead atoms. The van der Waals surface area contributed by atoms with Gasteiger partial charge in [0.2, 0.25) is 0 Å². The van der Waals surface area contributed by atoms with Crippen molar-refractivity contribution in [2.75, 3.05) is 19.0 Å². The highest BCUT2D eigenvalue weighted by atomic mass is 31.2. The van der Waals surface area contributed by atoms with E-state index in [0.29, 0.717) is 23.4 Å². The summed E-state index contributed by atoms with van der Waals surface area (Å²) in [7, 11) is -7.82. The van der Waals surface area contributed by atoms with Crippen molar-refractivity contribution in [3.63, 3.8) is 0 Å². The Labute approximate surface area is 153 Å². The topological polar surface area (TPSA) is 189 Å². The van der Waals surface area contributed by atoms with Crippen LogP contribution in [0.3, 0.4) is 0 Å². The summed E-state index contributed by atoms with van der Waals surface area (Å²) in [5.74, 6) is -0.112. The van der Waals surface area contributed by atoms with Gasteiger partial charge in [0, 0.05) is 19.0 Å². The molecule has 13 nitrogen and oxygen atoms in total. The van der Waals surface area contributed by atoms with E-state index >= 15 is 0 Å². The molecule has 3 rings (SSSR count). The van der Waals surface area contributed by atoms with E-state index in [4.69, 9.17) is 24.1 Å². The quantitative estimate of drug-likeness (QED) is 0.386.